The normalized spacial score (nSPS) is 38.5. The first kappa shape index (κ1) is 18.0. The summed E-state index contributed by atoms with van der Waals surface area (Å²) in [7, 11) is 1.76. The van der Waals surface area contributed by atoms with E-state index in [9.17, 15) is 5.11 Å². The van der Waals surface area contributed by atoms with E-state index >= 15 is 0 Å². The summed E-state index contributed by atoms with van der Waals surface area (Å²) in [4.78, 5) is 0. The number of rotatable bonds is 3. The predicted octanol–water partition coefficient (Wildman–Crippen LogP) is 5.37. The van der Waals surface area contributed by atoms with Crippen molar-refractivity contribution < 1.29 is 9.84 Å². The van der Waals surface area contributed by atoms with Crippen LogP contribution in [0.5, 0.6) is 0 Å². The first-order chi connectivity index (χ1) is 13.5. The lowest BCUT2D eigenvalue weighted by molar-refractivity contribution is 0.171. The number of benzene rings is 1. The minimum atomic E-state index is -0.204. The zero-order valence-electron chi connectivity index (χ0n) is 16.9. The van der Waals surface area contributed by atoms with Crippen molar-refractivity contribution in [3.8, 4) is 0 Å². The minimum absolute atomic E-state index is 0.00937. The van der Waals surface area contributed by atoms with Crippen LogP contribution in [0.1, 0.15) is 38.2 Å². The van der Waals surface area contributed by atoms with Crippen LogP contribution in [0, 0.1) is 22.7 Å². The van der Waals surface area contributed by atoms with E-state index in [1.165, 1.54) is 11.1 Å². The van der Waals surface area contributed by atoms with Gasteiger partial charge >= 0.3 is 0 Å². The third kappa shape index (κ3) is 2.65. The Hall–Kier alpha value is -2.06. The molecule has 0 heterocycles. The van der Waals surface area contributed by atoms with Crippen LogP contribution in [0.15, 0.2) is 77.6 Å². The van der Waals surface area contributed by atoms with Crippen molar-refractivity contribution in [3.63, 3.8) is 0 Å². The average Bonchev–Trinajstić information content (AvgIpc) is 3.02. The monoisotopic (exact) mass is 374 g/mol. The standard InChI is InChI=1S/C26H30O2/c1-25-12-13-26(16-18-6-4-3-5-7-18)22-11-9-21(28-2)14-19(22)8-10-23(26)24(25)15-20(27)17-25/h3-7,9,11-14,19-20,22,27H,8,10,15-17H2,1-2H3/t19?,20-,22?,25-,26-/m1/s1. The van der Waals surface area contributed by atoms with Gasteiger partial charge in [-0.15, -0.1) is 0 Å². The van der Waals surface area contributed by atoms with Crippen LogP contribution in [0.25, 0.3) is 0 Å². The van der Waals surface area contributed by atoms with Gasteiger partial charge in [-0.3, -0.25) is 0 Å². The van der Waals surface area contributed by atoms with Gasteiger partial charge in [0, 0.05) is 10.8 Å². The zero-order valence-corrected chi connectivity index (χ0v) is 16.9. The molecule has 146 valence electrons. The van der Waals surface area contributed by atoms with Crippen molar-refractivity contribution >= 4 is 0 Å². The second-order valence-electron chi connectivity index (χ2n) is 9.33. The third-order valence-corrected chi connectivity index (χ3v) is 7.67. The molecule has 0 amide bonds. The fraction of sp³-hybridized carbons (Fsp3) is 0.462. The average molecular weight is 375 g/mol. The first-order valence-electron chi connectivity index (χ1n) is 10.6. The van der Waals surface area contributed by atoms with Crippen LogP contribution in [0.4, 0.5) is 0 Å². The Balaban J connectivity index is 1.64. The highest BCUT2D eigenvalue weighted by Crippen LogP contribution is 2.61. The Morgan fingerprint density at radius 3 is 2.75 bits per heavy atom. The lowest BCUT2D eigenvalue weighted by atomic mass is 9.52. The number of hydrogen-bond acceptors (Lipinski definition) is 2. The molecule has 0 aliphatic heterocycles. The Bertz CT molecular complexity index is 890. The van der Waals surface area contributed by atoms with Crippen LogP contribution >= 0.6 is 0 Å². The lowest BCUT2D eigenvalue weighted by Crippen LogP contribution is -2.44. The van der Waals surface area contributed by atoms with Gasteiger partial charge in [0.1, 0.15) is 5.76 Å². The van der Waals surface area contributed by atoms with Crippen LogP contribution < -0.4 is 0 Å². The number of allylic oxidation sites excluding steroid dienone is 6. The molecule has 2 nitrogen and oxygen atoms in total. The maximum atomic E-state index is 10.5. The summed E-state index contributed by atoms with van der Waals surface area (Å²) in [6.07, 6.45) is 16.6. The van der Waals surface area contributed by atoms with Gasteiger partial charge in [-0.25, -0.2) is 0 Å². The van der Waals surface area contributed by atoms with E-state index in [0.717, 1.165) is 37.9 Å². The highest BCUT2D eigenvalue weighted by Gasteiger charge is 2.53. The summed E-state index contributed by atoms with van der Waals surface area (Å²) in [5, 5.41) is 10.5. The van der Waals surface area contributed by atoms with Crippen molar-refractivity contribution in [3.05, 3.63) is 83.2 Å². The number of hydrogen-bond donors (Lipinski definition) is 1. The van der Waals surface area contributed by atoms with Crippen molar-refractivity contribution in [1.29, 1.82) is 0 Å². The molecule has 1 aromatic carbocycles. The molecule has 5 rings (SSSR count). The molecule has 2 saturated carbocycles. The molecule has 4 aliphatic carbocycles. The number of aliphatic hydroxyl groups is 1. The molecule has 1 N–H and O–H groups in total. The largest absolute Gasteiger partial charge is 0.497 e. The molecule has 2 unspecified atom stereocenters. The summed E-state index contributed by atoms with van der Waals surface area (Å²) in [6, 6.07) is 10.9. The Kier molecular flexibility index (Phi) is 4.17. The summed E-state index contributed by atoms with van der Waals surface area (Å²) in [5.41, 5.74) is 4.57. The second kappa shape index (κ2) is 6.49. The Labute approximate surface area is 168 Å². The van der Waals surface area contributed by atoms with Gasteiger partial charge < -0.3 is 9.84 Å². The number of fused-ring (bicyclic) bond motifs is 4. The molecule has 0 saturated heterocycles. The Morgan fingerprint density at radius 1 is 1.14 bits per heavy atom. The fourth-order valence-electron chi connectivity index (χ4n) is 6.39. The third-order valence-electron chi connectivity index (χ3n) is 7.67. The van der Waals surface area contributed by atoms with Crippen molar-refractivity contribution in [2.75, 3.05) is 7.11 Å². The van der Waals surface area contributed by atoms with Crippen molar-refractivity contribution in [2.45, 2.75) is 45.1 Å². The molecule has 4 aliphatic rings. The number of ether oxygens (including phenoxy) is 1. The maximum Gasteiger partial charge on any atom is 0.114 e. The molecule has 1 aromatic rings. The first-order valence-corrected chi connectivity index (χ1v) is 10.6. The molecule has 28 heavy (non-hydrogen) atoms. The molecular formula is C26H30O2. The van der Waals surface area contributed by atoms with E-state index in [-0.39, 0.29) is 16.9 Å². The summed E-state index contributed by atoms with van der Waals surface area (Å²) >= 11 is 0. The highest BCUT2D eigenvalue weighted by molar-refractivity contribution is 5.47. The topological polar surface area (TPSA) is 29.5 Å². The van der Waals surface area contributed by atoms with Gasteiger partial charge in [0.05, 0.1) is 13.2 Å². The smallest absolute Gasteiger partial charge is 0.114 e. The maximum absolute atomic E-state index is 10.5. The van der Waals surface area contributed by atoms with E-state index in [0.29, 0.717) is 11.8 Å². The summed E-state index contributed by atoms with van der Waals surface area (Å²) in [5.74, 6) is 1.95. The molecule has 2 fully saturated rings. The molecule has 0 radical (unpaired) electrons. The summed E-state index contributed by atoms with van der Waals surface area (Å²) < 4.78 is 5.54. The van der Waals surface area contributed by atoms with E-state index in [1.807, 2.05) is 0 Å². The number of methoxy groups -OCH3 is 1. The second-order valence-corrected chi connectivity index (χ2v) is 9.33. The van der Waals surface area contributed by atoms with Gasteiger partial charge in [-0.2, -0.15) is 0 Å². The van der Waals surface area contributed by atoms with E-state index < -0.39 is 0 Å². The fourth-order valence-corrected chi connectivity index (χ4v) is 6.39. The van der Waals surface area contributed by atoms with Gasteiger partial charge in [0.25, 0.3) is 0 Å². The van der Waals surface area contributed by atoms with E-state index in [1.54, 1.807) is 12.7 Å². The van der Waals surface area contributed by atoms with Gasteiger partial charge in [-0.05, 0) is 61.7 Å². The zero-order chi connectivity index (χ0) is 19.4. The van der Waals surface area contributed by atoms with Crippen molar-refractivity contribution in [2.24, 2.45) is 22.7 Å². The molecular weight excluding hydrogens is 344 g/mol. The lowest BCUT2D eigenvalue weighted by Gasteiger charge is -2.52. The van der Waals surface area contributed by atoms with Crippen LogP contribution in [0.2, 0.25) is 0 Å². The Morgan fingerprint density at radius 2 is 1.96 bits per heavy atom. The quantitative estimate of drug-likeness (QED) is 0.721. The highest BCUT2D eigenvalue weighted by atomic mass is 16.5. The van der Waals surface area contributed by atoms with E-state index in [2.05, 4.69) is 67.6 Å². The molecule has 0 bridgehead atoms. The molecule has 0 spiro atoms. The van der Waals surface area contributed by atoms with E-state index in [4.69, 9.17) is 4.74 Å². The van der Waals surface area contributed by atoms with Gasteiger partial charge in [-0.1, -0.05) is 66.6 Å². The predicted molar refractivity (Wildman–Crippen MR) is 113 cm³/mol. The van der Waals surface area contributed by atoms with Crippen LogP contribution in [-0.2, 0) is 11.2 Å². The van der Waals surface area contributed by atoms with Crippen LogP contribution in [-0.4, -0.2) is 18.3 Å². The molecule has 2 heteroatoms. The van der Waals surface area contributed by atoms with Crippen LogP contribution in [0.3, 0.4) is 0 Å². The molecule has 5 atom stereocenters. The SMILES string of the molecule is COC1=CC2CCC3=C4C[C@@H](O)C[C@@]4(C)C=C[C@@]3(Cc3ccccc3)C2C=C1. The molecule has 0 aromatic heterocycles. The minimum Gasteiger partial charge on any atom is -0.497 e. The van der Waals surface area contributed by atoms with Crippen molar-refractivity contribution in [1.82, 2.24) is 0 Å². The number of aliphatic hydroxyl groups excluding tert-OH is 1. The summed E-state index contributed by atoms with van der Waals surface area (Å²) in [6.45, 7) is 2.32. The van der Waals surface area contributed by atoms with Gasteiger partial charge in [0.2, 0.25) is 0 Å². The van der Waals surface area contributed by atoms with Gasteiger partial charge in [0.15, 0.2) is 0 Å².